The molecule has 3 nitrogen and oxygen atoms in total. The van der Waals surface area contributed by atoms with E-state index in [-0.39, 0.29) is 0 Å². The smallest absolute Gasteiger partial charge is 0.127 e. The lowest BCUT2D eigenvalue weighted by molar-refractivity contribution is 0.971. The molecule has 2 aromatic rings. The third-order valence-electron chi connectivity index (χ3n) is 3.13. The Morgan fingerprint density at radius 3 is 2.59 bits per heavy atom. The summed E-state index contributed by atoms with van der Waals surface area (Å²) in [5, 5.41) is 10.7. The van der Waals surface area contributed by atoms with Crippen LogP contribution < -0.4 is 5.73 Å². The van der Waals surface area contributed by atoms with Gasteiger partial charge < -0.3 is 5.73 Å². The van der Waals surface area contributed by atoms with Crippen LogP contribution in [0.2, 0.25) is 0 Å². The number of hydrogen-bond donors (Lipinski definition) is 1. The zero-order chi connectivity index (χ0) is 12.6. The van der Waals surface area contributed by atoms with Gasteiger partial charge >= 0.3 is 0 Å². The maximum Gasteiger partial charge on any atom is 0.127 e. The van der Waals surface area contributed by atoms with Crippen molar-refractivity contribution in [1.82, 2.24) is 4.98 Å². The standard InChI is InChI=1S/C13H15N3S/c1-4-8-7(3)11-9(6-14)12(15)17-13(11)16-10(8)5-2/h4-5,15H2,1-3H3. The fraction of sp³-hybridized carbons (Fsp3) is 0.385. The number of nitriles is 1. The van der Waals surface area contributed by atoms with Crippen molar-refractivity contribution < 1.29 is 0 Å². The Bertz CT molecular complexity index is 620. The molecule has 0 amide bonds. The van der Waals surface area contributed by atoms with Crippen LogP contribution >= 0.6 is 11.3 Å². The van der Waals surface area contributed by atoms with Crippen molar-refractivity contribution in [2.75, 3.05) is 5.73 Å². The van der Waals surface area contributed by atoms with Crippen LogP contribution in [0.25, 0.3) is 10.2 Å². The molecule has 88 valence electrons. The van der Waals surface area contributed by atoms with Crippen molar-refractivity contribution in [2.45, 2.75) is 33.6 Å². The fourth-order valence-electron chi connectivity index (χ4n) is 2.29. The van der Waals surface area contributed by atoms with E-state index in [1.807, 2.05) is 0 Å². The molecular formula is C13H15N3S. The van der Waals surface area contributed by atoms with Crippen molar-refractivity contribution in [3.05, 3.63) is 22.4 Å². The van der Waals surface area contributed by atoms with Gasteiger partial charge in [-0.3, -0.25) is 0 Å². The molecule has 0 unspecified atom stereocenters. The van der Waals surface area contributed by atoms with Crippen LogP contribution in [0.4, 0.5) is 5.00 Å². The molecule has 0 radical (unpaired) electrons. The number of thiophene rings is 1. The zero-order valence-electron chi connectivity index (χ0n) is 10.3. The van der Waals surface area contributed by atoms with E-state index in [1.54, 1.807) is 0 Å². The quantitative estimate of drug-likeness (QED) is 0.883. The second kappa shape index (κ2) is 4.34. The summed E-state index contributed by atoms with van der Waals surface area (Å²) in [6.45, 7) is 6.29. The molecule has 0 spiro atoms. The SMILES string of the molecule is CCc1nc2sc(N)c(C#N)c2c(C)c1CC. The number of aryl methyl sites for hydroxylation is 2. The van der Waals surface area contributed by atoms with E-state index in [4.69, 9.17) is 11.0 Å². The Morgan fingerprint density at radius 2 is 2.06 bits per heavy atom. The van der Waals surface area contributed by atoms with Crippen molar-refractivity contribution in [1.29, 1.82) is 5.26 Å². The highest BCUT2D eigenvalue weighted by Gasteiger charge is 2.17. The molecule has 0 aliphatic heterocycles. The van der Waals surface area contributed by atoms with Gasteiger partial charge in [0, 0.05) is 11.1 Å². The molecule has 0 atom stereocenters. The van der Waals surface area contributed by atoms with Crippen molar-refractivity contribution in [2.24, 2.45) is 0 Å². The van der Waals surface area contributed by atoms with E-state index >= 15 is 0 Å². The normalized spacial score (nSPS) is 10.7. The molecule has 0 aromatic carbocycles. The lowest BCUT2D eigenvalue weighted by Gasteiger charge is -2.09. The van der Waals surface area contributed by atoms with Crippen LogP contribution in [0.5, 0.6) is 0 Å². The third-order valence-corrected chi connectivity index (χ3v) is 4.04. The first-order valence-electron chi connectivity index (χ1n) is 5.74. The molecule has 4 heteroatoms. The van der Waals surface area contributed by atoms with Gasteiger partial charge in [0.05, 0.1) is 5.56 Å². The highest BCUT2D eigenvalue weighted by Crippen LogP contribution is 2.36. The van der Waals surface area contributed by atoms with Crippen LogP contribution in [0.15, 0.2) is 0 Å². The molecule has 2 rings (SSSR count). The molecular weight excluding hydrogens is 230 g/mol. The highest BCUT2D eigenvalue weighted by atomic mass is 32.1. The minimum absolute atomic E-state index is 0.577. The third kappa shape index (κ3) is 1.67. The lowest BCUT2D eigenvalue weighted by Crippen LogP contribution is -1.99. The monoisotopic (exact) mass is 245 g/mol. The van der Waals surface area contributed by atoms with Crippen LogP contribution in [0, 0.1) is 18.3 Å². The fourth-order valence-corrected chi connectivity index (χ4v) is 3.26. The molecule has 17 heavy (non-hydrogen) atoms. The van der Waals surface area contributed by atoms with Crippen LogP contribution in [0.1, 0.15) is 36.2 Å². The van der Waals surface area contributed by atoms with Crippen molar-refractivity contribution >= 4 is 26.6 Å². The summed E-state index contributed by atoms with van der Waals surface area (Å²) in [6, 6.07) is 2.19. The molecule has 0 fully saturated rings. The molecule has 2 aromatic heterocycles. The predicted octanol–water partition coefficient (Wildman–Crippen LogP) is 3.18. The maximum absolute atomic E-state index is 9.17. The number of anilines is 1. The summed E-state index contributed by atoms with van der Waals surface area (Å²) in [5.74, 6) is 0. The summed E-state index contributed by atoms with van der Waals surface area (Å²) >= 11 is 1.41. The van der Waals surface area contributed by atoms with Gasteiger partial charge in [0.25, 0.3) is 0 Å². The Hall–Kier alpha value is -1.60. The minimum Gasteiger partial charge on any atom is -0.389 e. The van der Waals surface area contributed by atoms with Crippen molar-refractivity contribution in [3.63, 3.8) is 0 Å². The summed E-state index contributed by atoms with van der Waals surface area (Å²) < 4.78 is 0. The van der Waals surface area contributed by atoms with Crippen LogP contribution in [0.3, 0.4) is 0 Å². The second-order valence-electron chi connectivity index (χ2n) is 4.00. The van der Waals surface area contributed by atoms with E-state index in [1.165, 1.54) is 22.5 Å². The highest BCUT2D eigenvalue weighted by molar-refractivity contribution is 7.22. The molecule has 2 N–H and O–H groups in total. The zero-order valence-corrected chi connectivity index (χ0v) is 11.1. The number of aromatic nitrogens is 1. The van der Waals surface area contributed by atoms with Crippen LogP contribution in [-0.2, 0) is 12.8 Å². The van der Waals surface area contributed by atoms with Gasteiger partial charge in [-0.15, -0.1) is 0 Å². The van der Waals surface area contributed by atoms with Gasteiger partial charge in [-0.05, 0) is 30.9 Å². The van der Waals surface area contributed by atoms with E-state index in [0.717, 1.165) is 28.8 Å². The van der Waals surface area contributed by atoms with E-state index in [9.17, 15) is 0 Å². The maximum atomic E-state index is 9.17. The molecule has 2 heterocycles. The first-order chi connectivity index (χ1) is 8.13. The number of pyridine rings is 1. The Balaban J connectivity index is 2.92. The first-order valence-corrected chi connectivity index (χ1v) is 6.56. The molecule has 0 aliphatic rings. The minimum atomic E-state index is 0.577. The summed E-state index contributed by atoms with van der Waals surface area (Å²) in [4.78, 5) is 5.54. The number of nitrogen functional groups attached to an aromatic ring is 1. The van der Waals surface area contributed by atoms with E-state index < -0.39 is 0 Å². The van der Waals surface area contributed by atoms with Gasteiger partial charge in [0.1, 0.15) is 15.9 Å². The first kappa shape index (κ1) is 11.9. The van der Waals surface area contributed by atoms with Gasteiger partial charge in [-0.2, -0.15) is 5.26 Å². The average Bonchev–Trinajstić information content (AvgIpc) is 2.64. The molecule has 0 aliphatic carbocycles. The number of nitrogens with two attached hydrogens (primary N) is 1. The topological polar surface area (TPSA) is 62.7 Å². The Kier molecular flexibility index (Phi) is 3.03. The molecule has 0 saturated carbocycles. The summed E-state index contributed by atoms with van der Waals surface area (Å²) in [5.41, 5.74) is 10.0. The van der Waals surface area contributed by atoms with Gasteiger partial charge in [0.15, 0.2) is 0 Å². The Labute approximate surface area is 105 Å². The number of nitrogens with zero attached hydrogens (tertiary/aromatic N) is 2. The molecule has 0 bridgehead atoms. The largest absolute Gasteiger partial charge is 0.389 e. The predicted molar refractivity (Wildman–Crippen MR) is 72.2 cm³/mol. The number of hydrogen-bond acceptors (Lipinski definition) is 4. The van der Waals surface area contributed by atoms with E-state index in [2.05, 4.69) is 31.8 Å². The summed E-state index contributed by atoms with van der Waals surface area (Å²) in [6.07, 6.45) is 1.86. The Morgan fingerprint density at radius 1 is 1.35 bits per heavy atom. The van der Waals surface area contributed by atoms with Gasteiger partial charge in [0.2, 0.25) is 0 Å². The second-order valence-corrected chi connectivity index (χ2v) is 5.03. The lowest BCUT2D eigenvalue weighted by atomic mass is 9.99. The number of fused-ring (bicyclic) bond motifs is 1. The van der Waals surface area contributed by atoms with Gasteiger partial charge in [-0.25, -0.2) is 4.98 Å². The average molecular weight is 245 g/mol. The van der Waals surface area contributed by atoms with Crippen molar-refractivity contribution in [3.8, 4) is 6.07 Å². The van der Waals surface area contributed by atoms with Crippen LogP contribution in [-0.4, -0.2) is 4.98 Å². The molecule has 0 saturated heterocycles. The summed E-state index contributed by atoms with van der Waals surface area (Å²) in [7, 11) is 0. The number of rotatable bonds is 2. The van der Waals surface area contributed by atoms with Gasteiger partial charge in [-0.1, -0.05) is 25.2 Å². The van der Waals surface area contributed by atoms with E-state index in [0.29, 0.717) is 10.6 Å².